The van der Waals surface area contributed by atoms with E-state index in [2.05, 4.69) is 0 Å². The van der Waals surface area contributed by atoms with E-state index in [4.69, 9.17) is 9.47 Å². The van der Waals surface area contributed by atoms with Gasteiger partial charge in [0.25, 0.3) is 0 Å². The van der Waals surface area contributed by atoms with Gasteiger partial charge in [0, 0.05) is 0 Å². The second kappa shape index (κ2) is 6.62. The van der Waals surface area contributed by atoms with E-state index in [0.717, 1.165) is 0 Å². The molecule has 122 valence electrons. The van der Waals surface area contributed by atoms with Crippen molar-refractivity contribution in [3.63, 3.8) is 0 Å². The van der Waals surface area contributed by atoms with Crippen LogP contribution in [-0.2, 0) is 0 Å². The number of rotatable bonds is 4. The Kier molecular flexibility index (Phi) is 4.37. The lowest BCUT2D eigenvalue weighted by Crippen LogP contribution is -2.03. The maximum Gasteiger partial charge on any atom is 0.208 e. The van der Waals surface area contributed by atoms with E-state index in [1.54, 1.807) is 36.4 Å². The van der Waals surface area contributed by atoms with Crippen molar-refractivity contribution < 1.29 is 27.0 Å². The van der Waals surface area contributed by atoms with E-state index in [0.29, 0.717) is 0 Å². The minimum absolute atomic E-state index is 0.0332. The molecule has 0 spiro atoms. The summed E-state index contributed by atoms with van der Waals surface area (Å²) in [5.74, 6) is -8.98. The maximum atomic E-state index is 14.1. The predicted octanol–water partition coefficient (Wildman–Crippen LogP) is 5.83. The molecule has 0 heterocycles. The van der Waals surface area contributed by atoms with Crippen molar-refractivity contribution in [3.8, 4) is 23.0 Å². The number of halogens is 4. The first-order valence-electron chi connectivity index (χ1n) is 6.89. The van der Waals surface area contributed by atoms with Crippen molar-refractivity contribution >= 4 is 0 Å². The summed E-state index contributed by atoms with van der Waals surface area (Å²) in [6, 6.07) is 15.1. The lowest BCUT2D eigenvalue weighted by Gasteiger charge is -2.13. The molecule has 0 amide bonds. The molecule has 0 bridgehead atoms. The van der Waals surface area contributed by atoms with E-state index in [9.17, 15) is 17.6 Å². The van der Waals surface area contributed by atoms with Gasteiger partial charge in [-0.1, -0.05) is 36.4 Å². The Hall–Kier alpha value is -3.02. The van der Waals surface area contributed by atoms with Gasteiger partial charge in [-0.3, -0.25) is 0 Å². The molecule has 3 rings (SSSR count). The molecule has 0 atom stereocenters. The Bertz CT molecular complexity index is 750. The standard InChI is InChI=1S/C18H10F4O2/c19-13-15(21)18(24-12-9-5-2-6-10-12)16(22)14(20)17(13)23-11-7-3-1-4-8-11/h1-10H. The molecule has 0 saturated heterocycles. The molecule has 3 aromatic rings. The van der Waals surface area contributed by atoms with E-state index < -0.39 is 34.8 Å². The van der Waals surface area contributed by atoms with E-state index >= 15 is 0 Å². The van der Waals surface area contributed by atoms with Gasteiger partial charge in [-0.25, -0.2) is 0 Å². The quantitative estimate of drug-likeness (QED) is 0.442. The lowest BCUT2D eigenvalue weighted by molar-refractivity contribution is 0.330. The fourth-order valence-corrected chi connectivity index (χ4v) is 1.98. The molecular weight excluding hydrogens is 324 g/mol. The molecule has 0 aliphatic rings. The maximum absolute atomic E-state index is 14.1. The van der Waals surface area contributed by atoms with Crippen molar-refractivity contribution in [2.24, 2.45) is 0 Å². The van der Waals surface area contributed by atoms with Gasteiger partial charge in [-0.15, -0.1) is 0 Å². The molecule has 0 aliphatic carbocycles. The van der Waals surface area contributed by atoms with Crippen LogP contribution in [0, 0.1) is 23.3 Å². The zero-order chi connectivity index (χ0) is 17.1. The molecule has 0 aliphatic heterocycles. The van der Waals surface area contributed by atoms with Crippen molar-refractivity contribution in [1.29, 1.82) is 0 Å². The number of hydrogen-bond donors (Lipinski definition) is 0. The fraction of sp³-hybridized carbons (Fsp3) is 0. The first-order chi connectivity index (χ1) is 11.6. The van der Waals surface area contributed by atoms with Gasteiger partial charge >= 0.3 is 0 Å². The minimum atomic E-state index is -1.68. The topological polar surface area (TPSA) is 18.5 Å². The zero-order valence-electron chi connectivity index (χ0n) is 12.1. The van der Waals surface area contributed by atoms with Crippen LogP contribution in [0.25, 0.3) is 0 Å². The van der Waals surface area contributed by atoms with Crippen LogP contribution in [0.15, 0.2) is 60.7 Å². The van der Waals surface area contributed by atoms with E-state index in [1.807, 2.05) is 0 Å². The molecule has 0 fully saturated rings. The third kappa shape index (κ3) is 3.03. The summed E-state index contributed by atoms with van der Waals surface area (Å²) in [6.07, 6.45) is 0. The number of benzene rings is 3. The minimum Gasteiger partial charge on any atom is -0.451 e. The van der Waals surface area contributed by atoms with Crippen LogP contribution in [0.5, 0.6) is 23.0 Å². The average molecular weight is 334 g/mol. The molecule has 0 radical (unpaired) electrons. The highest BCUT2D eigenvalue weighted by Gasteiger charge is 2.28. The molecule has 0 aromatic heterocycles. The summed E-state index contributed by atoms with van der Waals surface area (Å²) < 4.78 is 66.3. The van der Waals surface area contributed by atoms with Gasteiger partial charge in [0.2, 0.25) is 34.8 Å². The normalized spacial score (nSPS) is 10.5. The van der Waals surface area contributed by atoms with Crippen molar-refractivity contribution in [1.82, 2.24) is 0 Å². The molecule has 6 heteroatoms. The first kappa shape index (κ1) is 15.9. The Labute approximate surface area is 134 Å². The lowest BCUT2D eigenvalue weighted by atomic mass is 10.2. The Morgan fingerprint density at radius 1 is 0.458 bits per heavy atom. The first-order valence-corrected chi connectivity index (χ1v) is 6.89. The van der Waals surface area contributed by atoms with Crippen LogP contribution < -0.4 is 9.47 Å². The van der Waals surface area contributed by atoms with E-state index in [1.165, 1.54) is 24.3 Å². The van der Waals surface area contributed by atoms with Crippen molar-refractivity contribution in [2.75, 3.05) is 0 Å². The summed E-state index contributed by atoms with van der Waals surface area (Å²) in [5, 5.41) is 0. The summed E-state index contributed by atoms with van der Waals surface area (Å²) >= 11 is 0. The highest BCUT2D eigenvalue weighted by molar-refractivity contribution is 5.42. The molecule has 0 N–H and O–H groups in total. The predicted molar refractivity (Wildman–Crippen MR) is 79.3 cm³/mol. The van der Waals surface area contributed by atoms with Crippen LogP contribution in [0.2, 0.25) is 0 Å². The highest BCUT2D eigenvalue weighted by Crippen LogP contribution is 2.38. The summed E-state index contributed by atoms with van der Waals surface area (Å²) in [4.78, 5) is 0. The van der Waals surface area contributed by atoms with Crippen molar-refractivity contribution in [3.05, 3.63) is 83.9 Å². The van der Waals surface area contributed by atoms with E-state index in [-0.39, 0.29) is 11.5 Å². The second-order valence-electron chi connectivity index (χ2n) is 4.74. The van der Waals surface area contributed by atoms with Gasteiger partial charge in [-0.05, 0) is 24.3 Å². The van der Waals surface area contributed by atoms with Crippen LogP contribution in [0.3, 0.4) is 0 Å². The smallest absolute Gasteiger partial charge is 0.208 e. The zero-order valence-corrected chi connectivity index (χ0v) is 12.1. The van der Waals surface area contributed by atoms with Crippen LogP contribution in [-0.4, -0.2) is 0 Å². The van der Waals surface area contributed by atoms with Crippen LogP contribution in [0.1, 0.15) is 0 Å². The van der Waals surface area contributed by atoms with Crippen LogP contribution >= 0.6 is 0 Å². The Morgan fingerprint density at radius 3 is 1.04 bits per heavy atom. The monoisotopic (exact) mass is 334 g/mol. The van der Waals surface area contributed by atoms with Gasteiger partial charge < -0.3 is 9.47 Å². The third-order valence-electron chi connectivity index (χ3n) is 3.11. The molecule has 0 saturated carbocycles. The number of para-hydroxylation sites is 2. The SMILES string of the molecule is Fc1c(F)c(Oc2ccccc2)c(F)c(F)c1Oc1ccccc1. The fourth-order valence-electron chi connectivity index (χ4n) is 1.98. The molecule has 2 nitrogen and oxygen atoms in total. The summed E-state index contributed by atoms with van der Waals surface area (Å²) in [6.45, 7) is 0. The number of ether oxygens (including phenoxy) is 2. The Balaban J connectivity index is 2.02. The van der Waals surface area contributed by atoms with Gasteiger partial charge in [-0.2, -0.15) is 17.6 Å². The molecule has 24 heavy (non-hydrogen) atoms. The number of hydrogen-bond acceptors (Lipinski definition) is 2. The van der Waals surface area contributed by atoms with Crippen molar-refractivity contribution in [2.45, 2.75) is 0 Å². The third-order valence-corrected chi connectivity index (χ3v) is 3.11. The average Bonchev–Trinajstić information content (AvgIpc) is 2.62. The van der Waals surface area contributed by atoms with Crippen LogP contribution in [0.4, 0.5) is 17.6 Å². The summed E-state index contributed by atoms with van der Waals surface area (Å²) in [5.41, 5.74) is 0. The second-order valence-corrected chi connectivity index (χ2v) is 4.74. The van der Waals surface area contributed by atoms with Gasteiger partial charge in [0.05, 0.1) is 0 Å². The largest absolute Gasteiger partial charge is 0.451 e. The van der Waals surface area contributed by atoms with Gasteiger partial charge in [0.15, 0.2) is 0 Å². The molecule has 3 aromatic carbocycles. The molecular formula is C18H10F4O2. The highest BCUT2D eigenvalue weighted by atomic mass is 19.2. The summed E-state index contributed by atoms with van der Waals surface area (Å²) in [7, 11) is 0. The van der Waals surface area contributed by atoms with Gasteiger partial charge in [0.1, 0.15) is 11.5 Å². The molecule has 0 unspecified atom stereocenters. The Morgan fingerprint density at radius 2 is 0.750 bits per heavy atom.